The van der Waals surface area contributed by atoms with E-state index in [4.69, 9.17) is 4.74 Å². The predicted octanol–water partition coefficient (Wildman–Crippen LogP) is 0.911. The van der Waals surface area contributed by atoms with E-state index < -0.39 is 0 Å². The van der Waals surface area contributed by atoms with E-state index in [0.717, 1.165) is 25.9 Å². The van der Waals surface area contributed by atoms with Crippen LogP contribution in [0.5, 0.6) is 0 Å². The van der Waals surface area contributed by atoms with Crippen LogP contribution in [0.25, 0.3) is 0 Å². The number of nitrogens with zero attached hydrogens (tertiary/aromatic N) is 1. The van der Waals surface area contributed by atoms with Crippen LogP contribution in [0.2, 0.25) is 0 Å². The van der Waals surface area contributed by atoms with Gasteiger partial charge < -0.3 is 10.1 Å². The summed E-state index contributed by atoms with van der Waals surface area (Å²) in [6.07, 6.45) is 1.65. The van der Waals surface area contributed by atoms with Gasteiger partial charge in [-0.05, 0) is 0 Å². The Morgan fingerprint density at radius 2 is 2.17 bits per heavy atom. The van der Waals surface area contributed by atoms with Gasteiger partial charge in [0, 0.05) is 48.8 Å². The summed E-state index contributed by atoms with van der Waals surface area (Å²) in [5.74, 6) is 0. The molecule has 0 aromatic rings. The van der Waals surface area contributed by atoms with Gasteiger partial charge in [0.2, 0.25) is 0 Å². The molecule has 0 saturated carbocycles. The second-order valence-corrected chi connectivity index (χ2v) is 4.70. The van der Waals surface area contributed by atoms with E-state index in [-0.39, 0.29) is 11.7 Å². The molecular weight excluding hydrogens is 271 g/mol. The van der Waals surface area contributed by atoms with E-state index in [1.807, 2.05) is 0 Å². The van der Waals surface area contributed by atoms with Crippen LogP contribution in [0.1, 0.15) is 12.8 Å². The fourth-order valence-corrected chi connectivity index (χ4v) is 2.15. The van der Waals surface area contributed by atoms with Crippen molar-refractivity contribution in [2.75, 3.05) is 19.6 Å². The van der Waals surface area contributed by atoms with Crippen LogP contribution in [0.4, 0.5) is 4.79 Å². The highest BCUT2D eigenvalue weighted by atomic mass is 127. The maximum absolute atomic E-state index is 10.8. The van der Waals surface area contributed by atoms with Gasteiger partial charge in [-0.1, -0.05) is 0 Å². The lowest BCUT2D eigenvalue weighted by atomic mass is 9.93. The summed E-state index contributed by atoms with van der Waals surface area (Å²) in [4.78, 5) is 10.8. The molecule has 1 N–H and O–H groups in total. The lowest BCUT2D eigenvalue weighted by molar-refractivity contribution is 0.0214. The van der Waals surface area contributed by atoms with E-state index in [0.29, 0.717) is 6.54 Å². The maximum atomic E-state index is 10.8. The van der Waals surface area contributed by atoms with Crippen molar-refractivity contribution in [3.8, 4) is 0 Å². The van der Waals surface area contributed by atoms with Gasteiger partial charge in [0.25, 0.3) is 0 Å². The van der Waals surface area contributed by atoms with Gasteiger partial charge in [0.1, 0.15) is 5.60 Å². The number of rotatable bonds is 0. The molecule has 2 rings (SSSR count). The van der Waals surface area contributed by atoms with Crippen molar-refractivity contribution in [2.45, 2.75) is 18.4 Å². The Bertz CT molecular complexity index is 202. The monoisotopic (exact) mass is 282 g/mol. The topological polar surface area (TPSA) is 41.6 Å². The molecule has 0 aliphatic carbocycles. The van der Waals surface area contributed by atoms with Crippen molar-refractivity contribution in [2.24, 2.45) is 0 Å². The van der Waals surface area contributed by atoms with Crippen LogP contribution in [0.15, 0.2) is 0 Å². The van der Waals surface area contributed by atoms with Gasteiger partial charge >= 0.3 is 6.09 Å². The molecule has 0 unspecified atom stereocenters. The van der Waals surface area contributed by atoms with Crippen LogP contribution >= 0.6 is 22.9 Å². The van der Waals surface area contributed by atoms with Crippen LogP contribution in [-0.4, -0.2) is 34.4 Å². The third-order valence-electron chi connectivity index (χ3n) is 2.48. The Balaban J connectivity index is 1.99. The first kappa shape index (κ1) is 8.55. The van der Waals surface area contributed by atoms with E-state index in [2.05, 4.69) is 31.3 Å². The first-order valence-corrected chi connectivity index (χ1v) is 5.04. The first-order valence-electron chi connectivity index (χ1n) is 4.08. The smallest absolute Gasteiger partial charge is 0.407 e. The number of amides is 1. The normalized spacial score (nSPS) is 28.6. The van der Waals surface area contributed by atoms with Gasteiger partial charge in [-0.3, -0.25) is 0 Å². The van der Waals surface area contributed by atoms with E-state index >= 15 is 0 Å². The molecular formula is C7H11IN2O2. The zero-order valence-electron chi connectivity index (χ0n) is 6.68. The summed E-state index contributed by atoms with van der Waals surface area (Å²) < 4.78 is 7.49. The lowest BCUT2D eigenvalue weighted by Crippen LogP contribution is -2.43. The number of ether oxygens (including phenoxy) is 1. The number of carbonyl (C=O) groups is 1. The summed E-state index contributed by atoms with van der Waals surface area (Å²) in [6.45, 7) is 2.71. The molecule has 12 heavy (non-hydrogen) atoms. The summed E-state index contributed by atoms with van der Waals surface area (Å²) in [7, 11) is 0. The molecule has 0 bridgehead atoms. The molecule has 2 aliphatic heterocycles. The predicted molar refractivity (Wildman–Crippen MR) is 52.0 cm³/mol. The van der Waals surface area contributed by atoms with Crippen molar-refractivity contribution in [3.63, 3.8) is 0 Å². The number of hydrogen-bond donors (Lipinski definition) is 1. The molecule has 1 spiro atoms. The van der Waals surface area contributed by atoms with Crippen molar-refractivity contribution in [3.05, 3.63) is 0 Å². The summed E-state index contributed by atoms with van der Waals surface area (Å²) in [5.41, 5.74) is -0.182. The van der Waals surface area contributed by atoms with Gasteiger partial charge in [-0.15, -0.1) is 0 Å². The molecule has 2 saturated heterocycles. The molecule has 1 amide bonds. The Kier molecular flexibility index (Phi) is 2.16. The Hall–Kier alpha value is -0.0400. The molecule has 2 aliphatic rings. The lowest BCUT2D eigenvalue weighted by Gasteiger charge is -2.33. The molecule has 2 heterocycles. The second kappa shape index (κ2) is 3.02. The fourth-order valence-electron chi connectivity index (χ4n) is 1.67. The molecule has 0 radical (unpaired) electrons. The summed E-state index contributed by atoms with van der Waals surface area (Å²) >= 11 is 2.30. The Labute approximate surface area is 85.1 Å². The quantitative estimate of drug-likeness (QED) is 0.530. The summed E-state index contributed by atoms with van der Waals surface area (Å²) in [6, 6.07) is 0. The van der Waals surface area contributed by atoms with Crippen LogP contribution in [0, 0.1) is 0 Å². The molecule has 68 valence electrons. The van der Waals surface area contributed by atoms with E-state index in [1.165, 1.54) is 0 Å². The second-order valence-electron chi connectivity index (χ2n) is 3.34. The van der Waals surface area contributed by atoms with Crippen molar-refractivity contribution in [1.29, 1.82) is 0 Å². The Morgan fingerprint density at radius 3 is 2.67 bits per heavy atom. The highest BCUT2D eigenvalue weighted by Crippen LogP contribution is 2.30. The third kappa shape index (κ3) is 1.52. The standard InChI is InChI=1S/C7H11IN2O2/c8-10-3-1-7(2-4-10)5-9-6(11)12-7/h1-5H2,(H,9,11). The van der Waals surface area contributed by atoms with Crippen molar-refractivity contribution >= 4 is 29.0 Å². The zero-order valence-corrected chi connectivity index (χ0v) is 8.83. The fraction of sp³-hybridized carbons (Fsp3) is 0.857. The first-order chi connectivity index (χ1) is 5.70. The van der Waals surface area contributed by atoms with E-state index in [9.17, 15) is 4.79 Å². The SMILES string of the molecule is O=C1NCC2(CCN(I)CC2)O1. The minimum atomic E-state index is -0.253. The van der Waals surface area contributed by atoms with Gasteiger partial charge in [0.05, 0.1) is 6.54 Å². The van der Waals surface area contributed by atoms with Gasteiger partial charge in [0.15, 0.2) is 0 Å². The van der Waals surface area contributed by atoms with Crippen molar-refractivity contribution < 1.29 is 9.53 Å². The Morgan fingerprint density at radius 1 is 1.50 bits per heavy atom. The molecule has 4 nitrogen and oxygen atoms in total. The highest BCUT2D eigenvalue weighted by Gasteiger charge is 2.42. The van der Waals surface area contributed by atoms with Crippen LogP contribution < -0.4 is 5.32 Å². The van der Waals surface area contributed by atoms with Gasteiger partial charge in [-0.2, -0.15) is 0 Å². The molecule has 0 aromatic heterocycles. The molecule has 5 heteroatoms. The molecule has 2 fully saturated rings. The minimum Gasteiger partial charge on any atom is -0.441 e. The number of alkyl carbamates (subject to hydrolysis) is 1. The average Bonchev–Trinajstić information content (AvgIpc) is 2.40. The van der Waals surface area contributed by atoms with Crippen LogP contribution in [0.3, 0.4) is 0 Å². The summed E-state index contributed by atoms with van der Waals surface area (Å²) in [5, 5.41) is 2.71. The number of nitrogens with one attached hydrogen (secondary N) is 1. The molecule has 0 aromatic carbocycles. The minimum absolute atomic E-state index is 0.182. The highest BCUT2D eigenvalue weighted by molar-refractivity contribution is 14.1. The maximum Gasteiger partial charge on any atom is 0.407 e. The van der Waals surface area contributed by atoms with E-state index in [1.54, 1.807) is 0 Å². The zero-order chi connectivity index (χ0) is 8.60. The number of piperidine rings is 1. The number of carbonyl (C=O) groups excluding carboxylic acids is 1. The molecule has 0 atom stereocenters. The van der Waals surface area contributed by atoms with Crippen LogP contribution in [-0.2, 0) is 4.74 Å². The van der Waals surface area contributed by atoms with Crippen molar-refractivity contribution in [1.82, 2.24) is 8.43 Å². The van der Waals surface area contributed by atoms with Gasteiger partial charge in [-0.25, -0.2) is 7.91 Å². The average molecular weight is 282 g/mol. The number of hydrogen-bond acceptors (Lipinski definition) is 3. The largest absolute Gasteiger partial charge is 0.441 e. The third-order valence-corrected chi connectivity index (χ3v) is 3.45. The number of halogens is 1.